The van der Waals surface area contributed by atoms with Crippen LogP contribution < -0.4 is 5.32 Å². The standard InChI is InChI=1S/C31H35ClN2O2S/c1-23-11-5-6-15-26(23)21-37-22-30(35)34(20-25-14-7-10-18-28(25)32)29(19-24-12-3-2-4-13-24)31(36)33-27-16-8-9-17-27/h2-7,10-15,18,27,29H,8-9,16-17,19-22H2,1H3,(H,33,36)/t29-/m0/s1. The largest absolute Gasteiger partial charge is 0.352 e. The summed E-state index contributed by atoms with van der Waals surface area (Å²) in [4.78, 5) is 29.2. The minimum absolute atomic E-state index is 0.0546. The number of hydrogen-bond acceptors (Lipinski definition) is 3. The molecule has 3 aromatic carbocycles. The van der Waals surface area contributed by atoms with Crippen molar-refractivity contribution in [1.82, 2.24) is 10.2 Å². The highest BCUT2D eigenvalue weighted by molar-refractivity contribution is 7.99. The summed E-state index contributed by atoms with van der Waals surface area (Å²) in [7, 11) is 0. The highest BCUT2D eigenvalue weighted by atomic mass is 35.5. The zero-order chi connectivity index (χ0) is 26.0. The molecular formula is C31H35ClN2O2S. The van der Waals surface area contributed by atoms with E-state index in [4.69, 9.17) is 11.6 Å². The van der Waals surface area contributed by atoms with E-state index >= 15 is 0 Å². The predicted molar refractivity (Wildman–Crippen MR) is 154 cm³/mol. The third kappa shape index (κ3) is 7.86. The van der Waals surface area contributed by atoms with Crippen LogP contribution in [0.3, 0.4) is 0 Å². The second-order valence-electron chi connectivity index (χ2n) is 9.73. The molecule has 4 rings (SSSR count). The third-order valence-electron chi connectivity index (χ3n) is 7.02. The van der Waals surface area contributed by atoms with Crippen molar-refractivity contribution >= 4 is 35.2 Å². The number of amides is 2. The van der Waals surface area contributed by atoms with Gasteiger partial charge in [-0.05, 0) is 48.1 Å². The van der Waals surface area contributed by atoms with Crippen molar-refractivity contribution in [2.24, 2.45) is 0 Å². The highest BCUT2D eigenvalue weighted by Crippen LogP contribution is 2.24. The normalized spacial score (nSPS) is 14.3. The van der Waals surface area contributed by atoms with E-state index < -0.39 is 6.04 Å². The summed E-state index contributed by atoms with van der Waals surface area (Å²) >= 11 is 8.10. The molecule has 1 aliphatic rings. The van der Waals surface area contributed by atoms with Crippen LogP contribution in [-0.4, -0.2) is 34.6 Å². The number of aryl methyl sites for hydroxylation is 1. The number of benzene rings is 3. The zero-order valence-corrected chi connectivity index (χ0v) is 22.9. The Hall–Kier alpha value is -2.76. The molecule has 1 N–H and O–H groups in total. The first kappa shape index (κ1) is 27.3. The van der Waals surface area contributed by atoms with E-state index in [1.54, 1.807) is 16.7 Å². The Morgan fingerprint density at radius 3 is 2.30 bits per heavy atom. The van der Waals surface area contributed by atoms with Gasteiger partial charge in [0.15, 0.2) is 0 Å². The van der Waals surface area contributed by atoms with Crippen molar-refractivity contribution in [3.63, 3.8) is 0 Å². The molecule has 0 bridgehead atoms. The number of rotatable bonds is 11. The van der Waals surface area contributed by atoms with Crippen molar-refractivity contribution in [2.75, 3.05) is 5.75 Å². The molecule has 4 nitrogen and oxygen atoms in total. The van der Waals surface area contributed by atoms with Crippen LogP contribution in [0.25, 0.3) is 0 Å². The van der Waals surface area contributed by atoms with E-state index in [1.807, 2.05) is 66.7 Å². The van der Waals surface area contributed by atoms with E-state index in [0.29, 0.717) is 23.7 Å². The molecule has 1 aliphatic carbocycles. The molecule has 0 unspecified atom stereocenters. The number of nitrogens with one attached hydrogen (secondary N) is 1. The molecule has 2 amide bonds. The van der Waals surface area contributed by atoms with E-state index in [9.17, 15) is 9.59 Å². The van der Waals surface area contributed by atoms with Crippen molar-refractivity contribution < 1.29 is 9.59 Å². The molecule has 0 heterocycles. The summed E-state index contributed by atoms with van der Waals surface area (Å²) in [5.41, 5.74) is 4.30. The first-order chi connectivity index (χ1) is 18.0. The Balaban J connectivity index is 1.58. The fourth-order valence-corrected chi connectivity index (χ4v) is 6.02. The van der Waals surface area contributed by atoms with E-state index in [-0.39, 0.29) is 17.9 Å². The highest BCUT2D eigenvalue weighted by Gasteiger charge is 2.32. The maximum Gasteiger partial charge on any atom is 0.243 e. The van der Waals surface area contributed by atoms with Gasteiger partial charge >= 0.3 is 0 Å². The molecule has 1 fully saturated rings. The van der Waals surface area contributed by atoms with Crippen LogP contribution in [0.15, 0.2) is 78.9 Å². The molecule has 6 heteroatoms. The molecule has 194 valence electrons. The molecule has 3 aromatic rings. The minimum atomic E-state index is -0.620. The number of halogens is 1. The Bertz CT molecular complexity index is 1180. The van der Waals surface area contributed by atoms with Crippen LogP contribution in [0.1, 0.15) is 47.9 Å². The van der Waals surface area contributed by atoms with Gasteiger partial charge in [0.1, 0.15) is 6.04 Å². The second kappa shape index (κ2) is 13.7. The van der Waals surface area contributed by atoms with Gasteiger partial charge in [0, 0.05) is 29.8 Å². The Morgan fingerprint density at radius 2 is 1.59 bits per heavy atom. The fraction of sp³-hybridized carbons (Fsp3) is 0.355. The van der Waals surface area contributed by atoms with Crippen LogP contribution in [0, 0.1) is 6.92 Å². The summed E-state index contributed by atoms with van der Waals surface area (Å²) in [6.07, 6.45) is 4.71. The Morgan fingerprint density at radius 1 is 0.946 bits per heavy atom. The van der Waals surface area contributed by atoms with Gasteiger partial charge in [0.25, 0.3) is 0 Å². The van der Waals surface area contributed by atoms with Gasteiger partial charge in [0.2, 0.25) is 11.8 Å². The summed E-state index contributed by atoms with van der Waals surface area (Å²) in [5, 5.41) is 3.85. The average molecular weight is 535 g/mol. The lowest BCUT2D eigenvalue weighted by atomic mass is 10.0. The lowest BCUT2D eigenvalue weighted by Gasteiger charge is -2.32. The molecule has 37 heavy (non-hydrogen) atoms. The van der Waals surface area contributed by atoms with Gasteiger partial charge < -0.3 is 10.2 Å². The number of thioether (sulfide) groups is 1. The number of carbonyl (C=O) groups is 2. The van der Waals surface area contributed by atoms with Gasteiger partial charge in [-0.1, -0.05) is 97.2 Å². The SMILES string of the molecule is Cc1ccccc1CSCC(=O)N(Cc1ccccc1Cl)[C@@H](Cc1ccccc1)C(=O)NC1CCCC1. The predicted octanol–water partition coefficient (Wildman–Crippen LogP) is 6.58. The van der Waals surface area contributed by atoms with Crippen LogP contribution in [0.5, 0.6) is 0 Å². The maximum absolute atomic E-state index is 13.8. The minimum Gasteiger partial charge on any atom is -0.352 e. The Labute approximate surface area is 229 Å². The van der Waals surface area contributed by atoms with Crippen molar-refractivity contribution in [2.45, 2.75) is 63.4 Å². The number of nitrogens with zero attached hydrogens (tertiary/aromatic N) is 1. The molecule has 1 atom stereocenters. The van der Waals surface area contributed by atoms with E-state index in [2.05, 4.69) is 24.4 Å². The lowest BCUT2D eigenvalue weighted by Crippen LogP contribution is -2.52. The first-order valence-electron chi connectivity index (χ1n) is 13.0. The van der Waals surface area contributed by atoms with Gasteiger partial charge in [-0.3, -0.25) is 9.59 Å². The van der Waals surface area contributed by atoms with Gasteiger partial charge in [0.05, 0.1) is 5.75 Å². The van der Waals surface area contributed by atoms with E-state index in [0.717, 1.165) is 42.6 Å². The second-order valence-corrected chi connectivity index (χ2v) is 11.1. The van der Waals surface area contributed by atoms with Crippen LogP contribution in [0.4, 0.5) is 0 Å². The van der Waals surface area contributed by atoms with Crippen LogP contribution >= 0.6 is 23.4 Å². The number of hydrogen-bond donors (Lipinski definition) is 1. The van der Waals surface area contributed by atoms with Crippen LogP contribution in [0.2, 0.25) is 5.02 Å². The zero-order valence-electron chi connectivity index (χ0n) is 21.4. The quantitative estimate of drug-likeness (QED) is 0.302. The average Bonchev–Trinajstić information content (AvgIpc) is 3.42. The molecule has 0 spiro atoms. The van der Waals surface area contributed by atoms with Gasteiger partial charge in [-0.2, -0.15) is 0 Å². The number of carbonyl (C=O) groups excluding carboxylic acids is 2. The van der Waals surface area contributed by atoms with Crippen molar-refractivity contribution in [1.29, 1.82) is 0 Å². The fourth-order valence-electron chi connectivity index (χ4n) is 4.83. The molecule has 0 radical (unpaired) electrons. The molecule has 0 aromatic heterocycles. The Kier molecular flexibility index (Phi) is 10.1. The third-order valence-corrected chi connectivity index (χ3v) is 8.35. The van der Waals surface area contributed by atoms with Crippen LogP contribution in [-0.2, 0) is 28.3 Å². The lowest BCUT2D eigenvalue weighted by molar-refractivity contribution is -0.139. The summed E-state index contributed by atoms with van der Waals surface area (Å²) in [5.74, 6) is 0.901. The molecule has 0 aliphatic heterocycles. The van der Waals surface area contributed by atoms with Crippen molar-refractivity contribution in [3.8, 4) is 0 Å². The maximum atomic E-state index is 13.8. The van der Waals surface area contributed by atoms with Gasteiger partial charge in [-0.25, -0.2) is 0 Å². The molecular weight excluding hydrogens is 500 g/mol. The van der Waals surface area contributed by atoms with Gasteiger partial charge in [-0.15, -0.1) is 11.8 Å². The first-order valence-corrected chi connectivity index (χ1v) is 14.5. The summed E-state index contributed by atoms with van der Waals surface area (Å²) in [6.45, 7) is 2.38. The molecule has 0 saturated heterocycles. The summed E-state index contributed by atoms with van der Waals surface area (Å²) in [6, 6.07) is 25.3. The topological polar surface area (TPSA) is 49.4 Å². The summed E-state index contributed by atoms with van der Waals surface area (Å²) < 4.78 is 0. The van der Waals surface area contributed by atoms with Crippen molar-refractivity contribution in [3.05, 3.63) is 106 Å². The molecule has 1 saturated carbocycles. The monoisotopic (exact) mass is 534 g/mol. The van der Waals surface area contributed by atoms with E-state index in [1.165, 1.54) is 11.1 Å². The smallest absolute Gasteiger partial charge is 0.243 e.